The highest BCUT2D eigenvalue weighted by Gasteiger charge is 2.32. The molecule has 4 heterocycles. The maximum absolute atomic E-state index is 12.6. The van der Waals surface area contributed by atoms with E-state index in [0.717, 1.165) is 0 Å². The van der Waals surface area contributed by atoms with Crippen LogP contribution in [0.25, 0.3) is 11.0 Å². The maximum atomic E-state index is 12.6. The first-order valence-corrected chi connectivity index (χ1v) is 10.9. The SMILES string of the molecule is N#Cc1ccc2ncc(=O)n(CCCNC3CC(=O)N(c4ccc5c(n4)NC(=O)CO5)C3)c2c1. The van der Waals surface area contributed by atoms with Gasteiger partial charge in [0.25, 0.3) is 11.5 Å². The van der Waals surface area contributed by atoms with Gasteiger partial charge in [0.15, 0.2) is 18.2 Å². The van der Waals surface area contributed by atoms with Crippen LogP contribution in [0.2, 0.25) is 0 Å². The van der Waals surface area contributed by atoms with E-state index < -0.39 is 0 Å². The standard InChI is InChI=1S/C23H21N7O4/c24-10-14-2-3-16-17(8-14)29(22(33)11-26-16)7-1-6-25-15-9-21(32)30(12-15)19-5-4-18-23(27-19)28-20(31)13-34-18/h2-5,8,11,15,25H,1,6-7,9,12-13H2,(H,27,28,31). The van der Waals surface area contributed by atoms with E-state index in [1.807, 2.05) is 0 Å². The molecule has 34 heavy (non-hydrogen) atoms. The molecule has 0 radical (unpaired) electrons. The minimum absolute atomic E-state index is 0.0520. The van der Waals surface area contributed by atoms with Crippen LogP contribution in [0.4, 0.5) is 11.6 Å². The summed E-state index contributed by atoms with van der Waals surface area (Å²) in [6.07, 6.45) is 2.26. The number of nitrogens with one attached hydrogen (secondary N) is 2. The van der Waals surface area contributed by atoms with Crippen molar-refractivity contribution in [1.29, 1.82) is 5.26 Å². The highest BCUT2D eigenvalue weighted by Crippen LogP contribution is 2.30. The lowest BCUT2D eigenvalue weighted by molar-refractivity contribution is -0.118. The van der Waals surface area contributed by atoms with Crippen molar-refractivity contribution in [3.63, 3.8) is 0 Å². The number of hydrogen-bond donors (Lipinski definition) is 2. The Kier molecular flexibility index (Phi) is 5.65. The van der Waals surface area contributed by atoms with Crippen LogP contribution in [0, 0.1) is 11.3 Å². The summed E-state index contributed by atoms with van der Waals surface area (Å²) in [6.45, 7) is 1.45. The third kappa shape index (κ3) is 4.18. The zero-order valence-electron chi connectivity index (χ0n) is 18.2. The van der Waals surface area contributed by atoms with Crippen molar-refractivity contribution >= 4 is 34.5 Å². The Bertz CT molecular complexity index is 1390. The average Bonchev–Trinajstić information content (AvgIpc) is 3.22. The molecule has 0 aliphatic carbocycles. The number of aromatic nitrogens is 3. The van der Waals surface area contributed by atoms with Crippen LogP contribution in [0.5, 0.6) is 5.75 Å². The Morgan fingerprint density at radius 1 is 1.24 bits per heavy atom. The molecule has 5 rings (SSSR count). The van der Waals surface area contributed by atoms with Gasteiger partial charge in [-0.1, -0.05) is 0 Å². The molecule has 0 spiro atoms. The summed E-state index contributed by atoms with van der Waals surface area (Å²) < 4.78 is 6.93. The van der Waals surface area contributed by atoms with Crippen molar-refractivity contribution in [3.8, 4) is 11.8 Å². The van der Waals surface area contributed by atoms with Crippen LogP contribution in [0.15, 0.2) is 41.3 Å². The quantitative estimate of drug-likeness (QED) is 0.515. The lowest BCUT2D eigenvalue weighted by Crippen LogP contribution is -2.34. The third-order valence-corrected chi connectivity index (χ3v) is 5.83. The second-order valence-corrected chi connectivity index (χ2v) is 8.13. The van der Waals surface area contributed by atoms with Crippen molar-refractivity contribution in [2.24, 2.45) is 0 Å². The minimum atomic E-state index is -0.283. The predicted octanol–water partition coefficient (Wildman–Crippen LogP) is 0.779. The van der Waals surface area contributed by atoms with E-state index in [4.69, 9.17) is 10.00 Å². The van der Waals surface area contributed by atoms with E-state index in [2.05, 4.69) is 26.7 Å². The monoisotopic (exact) mass is 459 g/mol. The number of carbonyl (C=O) groups excluding carboxylic acids is 2. The molecular weight excluding hydrogens is 438 g/mol. The number of fused-ring (bicyclic) bond motifs is 2. The van der Waals surface area contributed by atoms with Crippen LogP contribution in [0.1, 0.15) is 18.4 Å². The van der Waals surface area contributed by atoms with Crippen molar-refractivity contribution in [2.45, 2.75) is 25.4 Å². The van der Waals surface area contributed by atoms with Crippen LogP contribution < -0.4 is 25.8 Å². The van der Waals surface area contributed by atoms with Gasteiger partial charge in [0.05, 0.1) is 28.9 Å². The Morgan fingerprint density at radius 3 is 2.97 bits per heavy atom. The van der Waals surface area contributed by atoms with Gasteiger partial charge in [-0.3, -0.25) is 19.3 Å². The highest BCUT2D eigenvalue weighted by atomic mass is 16.5. The first-order valence-electron chi connectivity index (χ1n) is 10.9. The number of anilines is 2. The molecule has 1 atom stereocenters. The fourth-order valence-electron chi connectivity index (χ4n) is 4.18. The Balaban J connectivity index is 1.20. The lowest BCUT2D eigenvalue weighted by atomic mass is 10.2. The number of hydrogen-bond acceptors (Lipinski definition) is 8. The van der Waals surface area contributed by atoms with E-state index in [9.17, 15) is 14.4 Å². The number of nitrogens with zero attached hydrogens (tertiary/aromatic N) is 5. The van der Waals surface area contributed by atoms with Crippen LogP contribution in [-0.4, -0.2) is 52.1 Å². The van der Waals surface area contributed by atoms with Gasteiger partial charge in [0.2, 0.25) is 5.91 Å². The number of rotatable bonds is 6. The molecule has 11 nitrogen and oxygen atoms in total. The molecule has 172 valence electrons. The van der Waals surface area contributed by atoms with Gasteiger partial charge in [-0.15, -0.1) is 0 Å². The number of ether oxygens (including phenoxy) is 1. The molecule has 2 amide bonds. The molecule has 1 saturated heterocycles. The largest absolute Gasteiger partial charge is 0.480 e. The molecule has 2 aromatic heterocycles. The zero-order chi connectivity index (χ0) is 23.7. The minimum Gasteiger partial charge on any atom is -0.480 e. The summed E-state index contributed by atoms with van der Waals surface area (Å²) in [7, 11) is 0. The zero-order valence-corrected chi connectivity index (χ0v) is 18.2. The summed E-state index contributed by atoms with van der Waals surface area (Å²) in [5, 5.41) is 15.2. The molecule has 2 N–H and O–H groups in total. The van der Waals surface area contributed by atoms with Gasteiger partial charge < -0.3 is 19.9 Å². The molecule has 1 fully saturated rings. The van der Waals surface area contributed by atoms with Crippen molar-refractivity contribution in [3.05, 3.63) is 52.4 Å². The fourth-order valence-corrected chi connectivity index (χ4v) is 4.18. The second kappa shape index (κ2) is 8.92. The fraction of sp³-hybridized carbons (Fsp3) is 0.304. The Labute approximate surface area is 194 Å². The van der Waals surface area contributed by atoms with Crippen molar-refractivity contribution in [2.75, 3.05) is 29.9 Å². The van der Waals surface area contributed by atoms with Crippen molar-refractivity contribution in [1.82, 2.24) is 19.9 Å². The van der Waals surface area contributed by atoms with E-state index in [0.29, 0.717) is 66.5 Å². The highest BCUT2D eigenvalue weighted by molar-refractivity contribution is 5.97. The number of aryl methyl sites for hydroxylation is 1. The summed E-state index contributed by atoms with van der Waals surface area (Å²) >= 11 is 0. The lowest BCUT2D eigenvalue weighted by Gasteiger charge is -2.21. The van der Waals surface area contributed by atoms with Crippen LogP contribution in [0.3, 0.4) is 0 Å². The number of benzene rings is 1. The Morgan fingerprint density at radius 2 is 2.12 bits per heavy atom. The maximum Gasteiger partial charge on any atom is 0.269 e. The van der Waals surface area contributed by atoms with Gasteiger partial charge in [-0.2, -0.15) is 5.26 Å². The molecule has 0 saturated carbocycles. The third-order valence-electron chi connectivity index (χ3n) is 5.83. The Hall–Kier alpha value is -4.30. The molecule has 0 bridgehead atoms. The summed E-state index contributed by atoms with van der Waals surface area (Å²) in [6, 6.07) is 10.5. The predicted molar refractivity (Wildman–Crippen MR) is 122 cm³/mol. The summed E-state index contributed by atoms with van der Waals surface area (Å²) in [4.78, 5) is 46.6. The van der Waals surface area contributed by atoms with Gasteiger partial charge in [0.1, 0.15) is 5.82 Å². The summed E-state index contributed by atoms with van der Waals surface area (Å²) in [5.41, 5.74) is 1.53. The van der Waals surface area contributed by atoms with Crippen molar-refractivity contribution < 1.29 is 14.3 Å². The first-order chi connectivity index (χ1) is 16.5. The molecule has 1 aromatic carbocycles. The number of nitriles is 1. The van der Waals surface area contributed by atoms with Gasteiger partial charge in [-0.05, 0) is 43.3 Å². The molecule has 2 aliphatic rings. The van der Waals surface area contributed by atoms with E-state index in [-0.39, 0.29) is 30.0 Å². The smallest absolute Gasteiger partial charge is 0.269 e. The summed E-state index contributed by atoms with van der Waals surface area (Å²) in [5.74, 6) is 0.905. The van der Waals surface area contributed by atoms with Gasteiger partial charge >= 0.3 is 0 Å². The molecule has 2 aliphatic heterocycles. The van der Waals surface area contributed by atoms with Crippen LogP contribution in [-0.2, 0) is 16.1 Å². The number of pyridine rings is 1. The van der Waals surface area contributed by atoms with E-state index in [1.54, 1.807) is 39.8 Å². The first kappa shape index (κ1) is 21.5. The second-order valence-electron chi connectivity index (χ2n) is 8.13. The van der Waals surface area contributed by atoms with Gasteiger partial charge in [-0.25, -0.2) is 9.97 Å². The molecule has 3 aromatic rings. The number of amides is 2. The average molecular weight is 459 g/mol. The topological polar surface area (TPSA) is 142 Å². The normalized spacial score (nSPS) is 17.3. The molecule has 11 heteroatoms. The molecule has 1 unspecified atom stereocenters. The van der Waals surface area contributed by atoms with Crippen LogP contribution >= 0.6 is 0 Å². The molecular formula is C23H21N7O4. The van der Waals surface area contributed by atoms with E-state index in [1.165, 1.54) is 6.20 Å². The van der Waals surface area contributed by atoms with Gasteiger partial charge in [0, 0.05) is 25.6 Å². The number of carbonyl (C=O) groups is 2. The van der Waals surface area contributed by atoms with E-state index >= 15 is 0 Å².